The van der Waals surface area contributed by atoms with Crippen molar-refractivity contribution in [2.24, 2.45) is 5.73 Å². The fourth-order valence-electron chi connectivity index (χ4n) is 2.31. The number of nitrogens with two attached hydrogens (primary N) is 1. The van der Waals surface area contributed by atoms with Crippen LogP contribution in [0.25, 0.3) is 5.78 Å². The normalized spacial score (nSPS) is 12.3. The monoisotopic (exact) mass is 289 g/mol. The summed E-state index contributed by atoms with van der Waals surface area (Å²) in [5, 5.41) is 0. The molecule has 2 aromatic rings. The molecule has 0 unspecified atom stereocenters. The summed E-state index contributed by atoms with van der Waals surface area (Å²) in [4.78, 5) is 22.3. The van der Waals surface area contributed by atoms with Gasteiger partial charge in [-0.25, -0.2) is 9.97 Å². The summed E-state index contributed by atoms with van der Waals surface area (Å²) in [6, 6.07) is 2.02. The second-order valence-corrected chi connectivity index (χ2v) is 6.43. The first-order valence-electron chi connectivity index (χ1n) is 7.02. The Kier molecular flexibility index (Phi) is 4.00. The molecule has 2 heterocycles. The minimum absolute atomic E-state index is 0.163. The zero-order valence-corrected chi connectivity index (χ0v) is 13.3. The van der Waals surface area contributed by atoms with E-state index in [1.54, 1.807) is 0 Å². The van der Waals surface area contributed by atoms with Gasteiger partial charge in [-0.05, 0) is 40.7 Å². The number of primary amides is 1. The predicted octanol–water partition coefficient (Wildman–Crippen LogP) is 1.43. The van der Waals surface area contributed by atoms with Gasteiger partial charge in [0.25, 0.3) is 0 Å². The average molecular weight is 289 g/mol. The molecule has 0 aliphatic rings. The highest BCUT2D eigenvalue weighted by molar-refractivity contribution is 5.76. The number of rotatable bonds is 4. The quantitative estimate of drug-likeness (QED) is 0.924. The standard InChI is InChI=1S/C15H23N5O/c1-10-6-11(2)20-8-12(18-14(20)17-10)7-19(9-13(16)21)15(3,4)5/h6,8H,7,9H2,1-5H3,(H2,16,21). The molecule has 0 radical (unpaired) electrons. The van der Waals surface area contributed by atoms with Crippen molar-refractivity contribution in [2.45, 2.75) is 46.7 Å². The maximum atomic E-state index is 11.3. The van der Waals surface area contributed by atoms with Crippen molar-refractivity contribution >= 4 is 11.7 Å². The molecule has 0 aromatic carbocycles. The number of nitrogens with zero attached hydrogens (tertiary/aromatic N) is 4. The number of carbonyl (C=O) groups is 1. The highest BCUT2D eigenvalue weighted by Crippen LogP contribution is 2.17. The zero-order valence-electron chi connectivity index (χ0n) is 13.3. The molecule has 0 aliphatic carbocycles. The van der Waals surface area contributed by atoms with Crippen LogP contribution in [0.3, 0.4) is 0 Å². The predicted molar refractivity (Wildman–Crippen MR) is 81.8 cm³/mol. The Morgan fingerprint density at radius 2 is 2.00 bits per heavy atom. The number of imidazole rings is 1. The van der Waals surface area contributed by atoms with E-state index in [0.29, 0.717) is 12.3 Å². The minimum Gasteiger partial charge on any atom is -0.369 e. The van der Waals surface area contributed by atoms with Crippen LogP contribution in [0.1, 0.15) is 37.9 Å². The molecule has 0 atom stereocenters. The van der Waals surface area contributed by atoms with E-state index in [0.717, 1.165) is 17.1 Å². The van der Waals surface area contributed by atoms with Crippen LogP contribution in [0.4, 0.5) is 0 Å². The maximum absolute atomic E-state index is 11.3. The molecule has 0 spiro atoms. The van der Waals surface area contributed by atoms with Crippen LogP contribution in [-0.4, -0.2) is 37.3 Å². The molecule has 0 bridgehead atoms. The molecule has 21 heavy (non-hydrogen) atoms. The highest BCUT2D eigenvalue weighted by atomic mass is 16.1. The van der Waals surface area contributed by atoms with Crippen molar-refractivity contribution in [3.63, 3.8) is 0 Å². The molecular weight excluding hydrogens is 266 g/mol. The van der Waals surface area contributed by atoms with E-state index in [4.69, 9.17) is 5.73 Å². The summed E-state index contributed by atoms with van der Waals surface area (Å²) in [7, 11) is 0. The fourth-order valence-corrected chi connectivity index (χ4v) is 2.31. The van der Waals surface area contributed by atoms with Crippen LogP contribution in [0, 0.1) is 13.8 Å². The van der Waals surface area contributed by atoms with Crippen LogP contribution < -0.4 is 5.73 Å². The van der Waals surface area contributed by atoms with Crippen LogP contribution in [0.15, 0.2) is 12.3 Å². The third kappa shape index (κ3) is 3.58. The van der Waals surface area contributed by atoms with Gasteiger partial charge >= 0.3 is 0 Å². The molecule has 0 saturated heterocycles. The third-order valence-electron chi connectivity index (χ3n) is 3.46. The minimum atomic E-state index is -0.334. The Labute approximate surface area is 125 Å². The van der Waals surface area contributed by atoms with Gasteiger partial charge in [0.1, 0.15) is 0 Å². The van der Waals surface area contributed by atoms with Gasteiger partial charge in [0.05, 0.1) is 12.2 Å². The van der Waals surface area contributed by atoms with Crippen LogP contribution in [-0.2, 0) is 11.3 Å². The number of aryl methyl sites for hydroxylation is 2. The van der Waals surface area contributed by atoms with Crippen molar-refractivity contribution in [3.05, 3.63) is 29.3 Å². The van der Waals surface area contributed by atoms with E-state index in [9.17, 15) is 4.79 Å². The van der Waals surface area contributed by atoms with E-state index in [1.165, 1.54) is 0 Å². The SMILES string of the molecule is Cc1cc(C)n2cc(CN(CC(N)=O)C(C)(C)C)nc2n1. The molecular formula is C15H23N5O. The van der Waals surface area contributed by atoms with Gasteiger partial charge in [0.15, 0.2) is 0 Å². The molecule has 2 rings (SSSR count). The summed E-state index contributed by atoms with van der Waals surface area (Å²) in [5.74, 6) is 0.356. The second-order valence-electron chi connectivity index (χ2n) is 6.43. The van der Waals surface area contributed by atoms with Crippen molar-refractivity contribution in [1.82, 2.24) is 19.3 Å². The van der Waals surface area contributed by atoms with Crippen LogP contribution >= 0.6 is 0 Å². The van der Waals surface area contributed by atoms with E-state index in [1.807, 2.05) is 35.4 Å². The van der Waals surface area contributed by atoms with Crippen molar-refractivity contribution in [3.8, 4) is 0 Å². The summed E-state index contributed by atoms with van der Waals surface area (Å²) in [6.45, 7) is 10.9. The van der Waals surface area contributed by atoms with Crippen molar-refractivity contribution in [1.29, 1.82) is 0 Å². The molecule has 6 heteroatoms. The summed E-state index contributed by atoms with van der Waals surface area (Å²) >= 11 is 0. The van der Waals surface area contributed by atoms with Crippen LogP contribution in [0.2, 0.25) is 0 Å². The molecule has 6 nitrogen and oxygen atoms in total. The first kappa shape index (κ1) is 15.4. The third-order valence-corrected chi connectivity index (χ3v) is 3.46. The summed E-state index contributed by atoms with van der Waals surface area (Å²) in [6.07, 6.45) is 1.97. The van der Waals surface area contributed by atoms with Gasteiger partial charge in [0.2, 0.25) is 11.7 Å². The van der Waals surface area contributed by atoms with Gasteiger partial charge in [-0.3, -0.25) is 14.1 Å². The molecule has 1 amide bonds. The van der Waals surface area contributed by atoms with Gasteiger partial charge in [-0.1, -0.05) is 0 Å². The fraction of sp³-hybridized carbons (Fsp3) is 0.533. The maximum Gasteiger partial charge on any atom is 0.234 e. The molecule has 2 aromatic heterocycles. The lowest BCUT2D eigenvalue weighted by Gasteiger charge is -2.33. The topological polar surface area (TPSA) is 76.5 Å². The summed E-state index contributed by atoms with van der Waals surface area (Å²) in [5.41, 5.74) is 8.10. The summed E-state index contributed by atoms with van der Waals surface area (Å²) < 4.78 is 1.97. The van der Waals surface area contributed by atoms with E-state index in [2.05, 4.69) is 30.7 Å². The van der Waals surface area contributed by atoms with E-state index in [-0.39, 0.29) is 18.0 Å². The number of aromatic nitrogens is 3. The number of amides is 1. The average Bonchev–Trinajstić information content (AvgIpc) is 2.69. The number of fused-ring (bicyclic) bond motifs is 1. The molecule has 0 aliphatic heterocycles. The Bertz CT molecular complexity index is 668. The van der Waals surface area contributed by atoms with Crippen molar-refractivity contribution < 1.29 is 4.79 Å². The Hall–Kier alpha value is -1.95. The molecule has 114 valence electrons. The lowest BCUT2D eigenvalue weighted by Crippen LogP contribution is -2.45. The van der Waals surface area contributed by atoms with Gasteiger partial charge in [0, 0.05) is 29.7 Å². The second kappa shape index (κ2) is 5.44. The number of carbonyl (C=O) groups excluding carboxylic acids is 1. The Morgan fingerprint density at radius 3 is 2.57 bits per heavy atom. The first-order chi connectivity index (χ1) is 9.66. The van der Waals surface area contributed by atoms with Gasteiger partial charge in [-0.15, -0.1) is 0 Å². The van der Waals surface area contributed by atoms with Crippen LogP contribution in [0.5, 0.6) is 0 Å². The highest BCUT2D eigenvalue weighted by Gasteiger charge is 2.24. The Morgan fingerprint density at radius 1 is 1.33 bits per heavy atom. The largest absolute Gasteiger partial charge is 0.369 e. The molecule has 0 saturated carbocycles. The van der Waals surface area contributed by atoms with Gasteiger partial charge < -0.3 is 5.73 Å². The lowest BCUT2D eigenvalue weighted by atomic mass is 10.1. The zero-order chi connectivity index (χ0) is 15.8. The first-order valence-corrected chi connectivity index (χ1v) is 7.02. The Balaban J connectivity index is 2.33. The van der Waals surface area contributed by atoms with Gasteiger partial charge in [-0.2, -0.15) is 0 Å². The molecule has 0 fully saturated rings. The number of hydrogen-bond donors (Lipinski definition) is 1. The van der Waals surface area contributed by atoms with E-state index >= 15 is 0 Å². The number of hydrogen-bond acceptors (Lipinski definition) is 4. The smallest absolute Gasteiger partial charge is 0.234 e. The molecule has 2 N–H and O–H groups in total. The van der Waals surface area contributed by atoms with Crippen molar-refractivity contribution in [2.75, 3.05) is 6.54 Å². The lowest BCUT2D eigenvalue weighted by molar-refractivity contribution is -0.120. The van der Waals surface area contributed by atoms with E-state index < -0.39 is 0 Å².